The van der Waals surface area contributed by atoms with Gasteiger partial charge in [-0.1, -0.05) is 12.8 Å². The van der Waals surface area contributed by atoms with Crippen molar-refractivity contribution in [3.63, 3.8) is 0 Å². The van der Waals surface area contributed by atoms with E-state index in [9.17, 15) is 0 Å². The Morgan fingerprint density at radius 3 is 2.58 bits per heavy atom. The molecular weight excluding hydrogens is 164 g/mol. The van der Waals surface area contributed by atoms with E-state index in [2.05, 4.69) is 19.6 Å². The standard InChI is InChI=1S/C10H20OSi/c1-12(2,3)11-10-7-5-4-6-9(10)8-10/h9H,4-8H2,1-3H3/t9-,10+/m0/s1. The lowest BCUT2D eigenvalue weighted by Gasteiger charge is -2.30. The zero-order valence-corrected chi connectivity index (χ0v) is 9.52. The minimum Gasteiger partial charge on any atom is -0.412 e. The summed E-state index contributed by atoms with van der Waals surface area (Å²) in [5, 5.41) is 0. The molecule has 0 spiro atoms. The van der Waals surface area contributed by atoms with Crippen molar-refractivity contribution in [2.75, 3.05) is 0 Å². The van der Waals surface area contributed by atoms with Crippen LogP contribution in [0.1, 0.15) is 32.1 Å². The third kappa shape index (κ3) is 1.60. The molecule has 2 rings (SSSR count). The first-order valence-electron chi connectivity index (χ1n) is 5.22. The normalized spacial score (nSPS) is 40.8. The maximum Gasteiger partial charge on any atom is 0.184 e. The van der Waals surface area contributed by atoms with Crippen molar-refractivity contribution >= 4 is 8.32 Å². The number of rotatable bonds is 2. The maximum atomic E-state index is 6.28. The van der Waals surface area contributed by atoms with Gasteiger partial charge in [-0.05, 0) is 44.8 Å². The molecule has 1 nitrogen and oxygen atoms in total. The van der Waals surface area contributed by atoms with Crippen LogP contribution in [0.5, 0.6) is 0 Å². The fraction of sp³-hybridized carbons (Fsp3) is 1.00. The monoisotopic (exact) mass is 184 g/mol. The minimum absolute atomic E-state index is 0.392. The fourth-order valence-corrected chi connectivity index (χ4v) is 4.20. The molecule has 2 fully saturated rings. The van der Waals surface area contributed by atoms with Crippen LogP contribution < -0.4 is 0 Å². The lowest BCUT2D eigenvalue weighted by Crippen LogP contribution is -2.35. The molecule has 0 aliphatic heterocycles. The van der Waals surface area contributed by atoms with Crippen LogP contribution >= 0.6 is 0 Å². The second-order valence-electron chi connectivity index (χ2n) is 5.43. The highest BCUT2D eigenvalue weighted by Crippen LogP contribution is 2.57. The van der Waals surface area contributed by atoms with Crippen LogP contribution in [0.4, 0.5) is 0 Å². The van der Waals surface area contributed by atoms with Gasteiger partial charge in [0.1, 0.15) is 0 Å². The summed E-state index contributed by atoms with van der Waals surface area (Å²) in [7, 11) is -1.28. The van der Waals surface area contributed by atoms with Gasteiger partial charge in [-0.25, -0.2) is 0 Å². The molecule has 0 heterocycles. The SMILES string of the molecule is C[Si](C)(C)O[C@@]12CCCC[C@H]1C2. The van der Waals surface area contributed by atoms with Crippen LogP contribution in [0.25, 0.3) is 0 Å². The van der Waals surface area contributed by atoms with Crippen molar-refractivity contribution < 1.29 is 4.43 Å². The Morgan fingerprint density at radius 1 is 1.25 bits per heavy atom. The minimum atomic E-state index is -1.28. The molecule has 0 aromatic carbocycles. The molecule has 0 aromatic heterocycles. The first-order valence-corrected chi connectivity index (χ1v) is 8.63. The molecule has 2 aliphatic carbocycles. The molecule has 0 bridgehead atoms. The first kappa shape index (κ1) is 8.76. The summed E-state index contributed by atoms with van der Waals surface area (Å²) in [5.74, 6) is 0.943. The molecule has 2 heteroatoms. The average Bonchev–Trinajstić information content (AvgIpc) is 2.56. The van der Waals surface area contributed by atoms with Gasteiger partial charge in [-0.2, -0.15) is 0 Å². The zero-order valence-electron chi connectivity index (χ0n) is 8.52. The zero-order chi connectivity index (χ0) is 8.82. The van der Waals surface area contributed by atoms with Gasteiger partial charge < -0.3 is 4.43 Å². The average molecular weight is 184 g/mol. The van der Waals surface area contributed by atoms with E-state index >= 15 is 0 Å². The van der Waals surface area contributed by atoms with Gasteiger partial charge in [0.2, 0.25) is 0 Å². The Balaban J connectivity index is 1.96. The van der Waals surface area contributed by atoms with Crippen molar-refractivity contribution in [3.05, 3.63) is 0 Å². The molecule has 0 aromatic rings. The highest BCUT2D eigenvalue weighted by molar-refractivity contribution is 6.69. The highest BCUT2D eigenvalue weighted by Gasteiger charge is 2.57. The molecule has 0 saturated heterocycles. The Kier molecular flexibility index (Phi) is 1.88. The summed E-state index contributed by atoms with van der Waals surface area (Å²) in [6.07, 6.45) is 7.01. The number of hydrogen-bond acceptors (Lipinski definition) is 1. The maximum absolute atomic E-state index is 6.28. The number of hydrogen-bond donors (Lipinski definition) is 0. The first-order chi connectivity index (χ1) is 5.52. The van der Waals surface area contributed by atoms with Crippen LogP contribution in [0.15, 0.2) is 0 Å². The van der Waals surface area contributed by atoms with Crippen LogP contribution in [0.2, 0.25) is 19.6 Å². The fourth-order valence-electron chi connectivity index (χ4n) is 2.63. The lowest BCUT2D eigenvalue weighted by molar-refractivity contribution is 0.120. The Hall–Kier alpha value is 0.177. The van der Waals surface area contributed by atoms with Crippen LogP contribution in [0, 0.1) is 5.92 Å². The van der Waals surface area contributed by atoms with Gasteiger partial charge in [0.05, 0.1) is 5.60 Å². The highest BCUT2D eigenvalue weighted by atomic mass is 28.4. The lowest BCUT2D eigenvalue weighted by atomic mass is 9.98. The van der Waals surface area contributed by atoms with Crippen molar-refractivity contribution in [1.82, 2.24) is 0 Å². The molecular formula is C10H20OSi. The third-order valence-electron chi connectivity index (χ3n) is 3.09. The van der Waals surface area contributed by atoms with E-state index in [1.54, 1.807) is 0 Å². The molecule has 0 N–H and O–H groups in total. The molecule has 2 aliphatic rings. The van der Waals surface area contributed by atoms with E-state index in [0.717, 1.165) is 5.92 Å². The molecule has 2 saturated carbocycles. The molecule has 0 unspecified atom stereocenters. The van der Waals surface area contributed by atoms with E-state index < -0.39 is 8.32 Å². The Labute approximate surface area is 76.6 Å². The predicted molar refractivity (Wildman–Crippen MR) is 53.7 cm³/mol. The van der Waals surface area contributed by atoms with Crippen molar-refractivity contribution in [1.29, 1.82) is 0 Å². The number of fused-ring (bicyclic) bond motifs is 1. The van der Waals surface area contributed by atoms with E-state index in [1.807, 2.05) is 0 Å². The summed E-state index contributed by atoms with van der Waals surface area (Å²) in [6, 6.07) is 0. The molecule has 70 valence electrons. The second-order valence-corrected chi connectivity index (χ2v) is 9.85. The molecule has 0 radical (unpaired) electrons. The molecule has 12 heavy (non-hydrogen) atoms. The largest absolute Gasteiger partial charge is 0.412 e. The summed E-state index contributed by atoms with van der Waals surface area (Å²) in [6.45, 7) is 6.93. The summed E-state index contributed by atoms with van der Waals surface area (Å²) in [4.78, 5) is 0. The molecule has 2 atom stereocenters. The summed E-state index contributed by atoms with van der Waals surface area (Å²) in [5.41, 5.74) is 0.392. The van der Waals surface area contributed by atoms with Crippen LogP contribution in [0.3, 0.4) is 0 Å². The van der Waals surface area contributed by atoms with Gasteiger partial charge in [0.25, 0.3) is 0 Å². The van der Waals surface area contributed by atoms with E-state index in [4.69, 9.17) is 4.43 Å². The summed E-state index contributed by atoms with van der Waals surface area (Å²) < 4.78 is 6.28. The van der Waals surface area contributed by atoms with Gasteiger partial charge in [0.15, 0.2) is 8.32 Å². The third-order valence-corrected chi connectivity index (χ3v) is 4.11. The van der Waals surface area contributed by atoms with E-state index in [0.29, 0.717) is 5.60 Å². The van der Waals surface area contributed by atoms with Gasteiger partial charge in [-0.3, -0.25) is 0 Å². The van der Waals surface area contributed by atoms with Gasteiger partial charge in [-0.15, -0.1) is 0 Å². The molecule has 0 amide bonds. The Bertz CT molecular complexity index is 185. The quantitative estimate of drug-likeness (QED) is 0.599. The second kappa shape index (κ2) is 2.58. The van der Waals surface area contributed by atoms with E-state index in [-0.39, 0.29) is 0 Å². The Morgan fingerprint density at radius 2 is 2.00 bits per heavy atom. The van der Waals surface area contributed by atoms with Gasteiger partial charge in [0, 0.05) is 0 Å². The smallest absolute Gasteiger partial charge is 0.184 e. The van der Waals surface area contributed by atoms with Crippen LogP contribution in [-0.2, 0) is 4.43 Å². The summed E-state index contributed by atoms with van der Waals surface area (Å²) >= 11 is 0. The van der Waals surface area contributed by atoms with Gasteiger partial charge >= 0.3 is 0 Å². The van der Waals surface area contributed by atoms with E-state index in [1.165, 1.54) is 32.1 Å². The van der Waals surface area contributed by atoms with Crippen molar-refractivity contribution in [2.24, 2.45) is 5.92 Å². The topological polar surface area (TPSA) is 9.23 Å². The predicted octanol–water partition coefficient (Wildman–Crippen LogP) is 3.17. The van der Waals surface area contributed by atoms with Crippen molar-refractivity contribution in [3.8, 4) is 0 Å². The van der Waals surface area contributed by atoms with Crippen molar-refractivity contribution in [2.45, 2.75) is 57.3 Å². The van der Waals surface area contributed by atoms with Crippen LogP contribution in [-0.4, -0.2) is 13.9 Å².